The molecule has 3 nitrogen and oxygen atoms in total. The molecule has 0 unspecified atom stereocenters. The molecule has 42 valence electrons. The molecule has 0 aliphatic rings. The first-order valence-corrected chi connectivity index (χ1v) is 1.50. The summed E-state index contributed by atoms with van der Waals surface area (Å²) in [6.45, 7) is 0. The van der Waals surface area contributed by atoms with Gasteiger partial charge in [0.15, 0.2) is 0 Å². The molecule has 0 amide bonds. The molecule has 0 aliphatic heterocycles. The summed E-state index contributed by atoms with van der Waals surface area (Å²) in [5, 5.41) is 0. The summed E-state index contributed by atoms with van der Waals surface area (Å²) in [5.74, 6) is 0. The first-order valence-electron chi connectivity index (χ1n) is 1.50. The number of quaternary nitrogens is 2. The van der Waals surface area contributed by atoms with Crippen molar-refractivity contribution in [2.24, 2.45) is 0 Å². The summed E-state index contributed by atoms with van der Waals surface area (Å²) in [4.78, 5) is 1.42. The van der Waals surface area contributed by atoms with Crippen LogP contribution in [-0.2, 0) is 5.48 Å². The second-order valence-electron chi connectivity index (χ2n) is 1.50. The normalized spacial score (nSPS) is 6.00. The molecule has 0 aliphatic carbocycles. The highest BCUT2D eigenvalue weighted by molar-refractivity contribution is 3.59. The van der Waals surface area contributed by atoms with Gasteiger partial charge in [0.05, 0.1) is 21.1 Å². The molecule has 0 radical (unpaired) electrons. The molecule has 0 rings (SSSR count). The van der Waals surface area contributed by atoms with E-state index in [1.165, 1.54) is 4.90 Å². The van der Waals surface area contributed by atoms with E-state index in [-0.39, 0.29) is 11.6 Å². The van der Waals surface area contributed by atoms with Gasteiger partial charge in [0.2, 0.25) is 0 Å². The molecular formula is C3H14N2O. The lowest BCUT2D eigenvalue weighted by molar-refractivity contribution is -0.836. The lowest BCUT2D eigenvalue weighted by atomic mass is 11.0. The number of hydrogen-bond donors (Lipinski definition) is 2. The fourth-order valence-electron chi connectivity index (χ4n) is 0. The van der Waals surface area contributed by atoms with Crippen molar-refractivity contribution in [2.75, 3.05) is 21.1 Å². The van der Waals surface area contributed by atoms with Crippen LogP contribution < -0.4 is 11.1 Å². The third kappa shape index (κ3) is 2230. The second-order valence-corrected chi connectivity index (χ2v) is 1.50. The Morgan fingerprint density at radius 3 is 1.00 bits per heavy atom. The molecule has 0 atom stereocenters. The van der Waals surface area contributed by atoms with Gasteiger partial charge in [-0.15, -0.1) is 0 Å². The topological polar surface area (TPSA) is 69.4 Å². The molecule has 0 spiro atoms. The van der Waals surface area contributed by atoms with Crippen molar-refractivity contribution in [3.8, 4) is 0 Å². The molecule has 0 aromatic heterocycles. The minimum Gasteiger partial charge on any atom is -2.00 e. The van der Waals surface area contributed by atoms with Crippen LogP contribution in [0.25, 0.3) is 0 Å². The van der Waals surface area contributed by atoms with Crippen LogP contribution in [0.15, 0.2) is 0 Å². The summed E-state index contributed by atoms with van der Waals surface area (Å²) in [5.41, 5.74) is 0. The zero-order valence-corrected chi connectivity index (χ0v) is 4.91. The summed E-state index contributed by atoms with van der Waals surface area (Å²) in [6, 6.07) is 0. The van der Waals surface area contributed by atoms with E-state index in [1.54, 1.807) is 0 Å². The van der Waals surface area contributed by atoms with E-state index < -0.39 is 0 Å². The maximum Gasteiger partial charge on any atom is 0.0661 e. The summed E-state index contributed by atoms with van der Waals surface area (Å²) >= 11 is 0. The van der Waals surface area contributed by atoms with Crippen molar-refractivity contribution in [3.63, 3.8) is 0 Å². The lowest BCUT2D eigenvalue weighted by Gasteiger charge is -2.00. The quantitative estimate of drug-likeness (QED) is 0.387. The van der Waals surface area contributed by atoms with Crippen molar-refractivity contribution in [3.05, 3.63) is 0 Å². The fourth-order valence-corrected chi connectivity index (χ4v) is 0. The van der Waals surface area contributed by atoms with Crippen LogP contribution >= 0.6 is 0 Å². The van der Waals surface area contributed by atoms with Crippen LogP contribution in [0.2, 0.25) is 0 Å². The van der Waals surface area contributed by atoms with Gasteiger partial charge in [-0.3, -0.25) is 0 Å². The third-order valence-corrected chi connectivity index (χ3v) is 0. The van der Waals surface area contributed by atoms with E-state index in [2.05, 4.69) is 21.1 Å². The molecule has 6 heavy (non-hydrogen) atoms. The first kappa shape index (κ1) is 16.9. The molecule has 0 fully saturated rings. The first-order chi connectivity index (χ1) is 1.73. The zero-order valence-electron chi connectivity index (χ0n) is 4.91. The average molecular weight is 94.2 g/mol. The Morgan fingerprint density at radius 1 is 1.00 bits per heavy atom. The molecule has 5 N–H and O–H groups in total. The summed E-state index contributed by atoms with van der Waals surface area (Å²) < 4.78 is 0. The van der Waals surface area contributed by atoms with E-state index in [1.807, 2.05) is 0 Å². The number of nitrogens with one attached hydrogen (secondary N) is 1. The second kappa shape index (κ2) is 8.86. The van der Waals surface area contributed by atoms with Gasteiger partial charge in [0.1, 0.15) is 0 Å². The predicted molar refractivity (Wildman–Crippen MR) is 25.4 cm³/mol. The number of rotatable bonds is 0. The van der Waals surface area contributed by atoms with Crippen LogP contribution in [0.1, 0.15) is 0 Å². The summed E-state index contributed by atoms with van der Waals surface area (Å²) in [7, 11) is 6.25. The molecule has 0 aromatic carbocycles. The Hall–Kier alpha value is -0.120. The van der Waals surface area contributed by atoms with Gasteiger partial charge in [-0.25, -0.2) is 0 Å². The Morgan fingerprint density at radius 2 is 1.00 bits per heavy atom. The highest BCUT2D eigenvalue weighted by Crippen LogP contribution is 0.864. The fraction of sp³-hybridized carbons (Fsp3) is 1.00. The van der Waals surface area contributed by atoms with Gasteiger partial charge in [-0.05, 0) is 0 Å². The standard InChI is InChI=1S/C3H9N.H3N.O/c1-4(2)3;;/h1-3H3;1H3;/q;;-2/p+2. The average Bonchev–Trinajstić information content (AvgIpc) is 0.811. The van der Waals surface area contributed by atoms with Gasteiger partial charge in [-0.2, -0.15) is 0 Å². The Labute approximate surface area is 38.8 Å². The lowest BCUT2D eigenvalue weighted by Crippen LogP contribution is -3.02. The van der Waals surface area contributed by atoms with Crippen LogP contribution in [0.4, 0.5) is 0 Å². The van der Waals surface area contributed by atoms with Crippen LogP contribution in [-0.4, -0.2) is 21.1 Å². The van der Waals surface area contributed by atoms with Crippen molar-refractivity contribution in [1.29, 1.82) is 0 Å². The van der Waals surface area contributed by atoms with E-state index in [4.69, 9.17) is 0 Å². The van der Waals surface area contributed by atoms with E-state index in [0.29, 0.717) is 0 Å². The van der Waals surface area contributed by atoms with Crippen LogP contribution in [0.3, 0.4) is 0 Å². The SMILES string of the molecule is C[NH+](C)C.[NH4+].[O-2]. The van der Waals surface area contributed by atoms with E-state index in [9.17, 15) is 0 Å². The monoisotopic (exact) mass is 94.1 g/mol. The van der Waals surface area contributed by atoms with Crippen molar-refractivity contribution >= 4 is 0 Å². The highest BCUT2D eigenvalue weighted by Gasteiger charge is 1.61. The van der Waals surface area contributed by atoms with Gasteiger partial charge in [0, 0.05) is 0 Å². The molecule has 0 heterocycles. The molecule has 0 bridgehead atoms. The van der Waals surface area contributed by atoms with Crippen LogP contribution in [0.5, 0.6) is 0 Å². The third-order valence-electron chi connectivity index (χ3n) is 0. The Balaban J connectivity index is -0.0000000450. The van der Waals surface area contributed by atoms with Gasteiger partial charge < -0.3 is 16.5 Å². The Kier molecular flexibility index (Phi) is 24.9. The minimum absolute atomic E-state index is 0. The predicted octanol–water partition coefficient (Wildman–Crippen LogP) is -0.982. The van der Waals surface area contributed by atoms with E-state index >= 15 is 0 Å². The van der Waals surface area contributed by atoms with Crippen molar-refractivity contribution in [1.82, 2.24) is 6.15 Å². The Bertz CT molecular complexity index is 13.5. The summed E-state index contributed by atoms with van der Waals surface area (Å²) in [6.07, 6.45) is 0. The molecule has 0 saturated heterocycles. The highest BCUT2D eigenvalue weighted by atomic mass is 16.0. The van der Waals surface area contributed by atoms with Gasteiger partial charge in [-0.1, -0.05) is 0 Å². The molecule has 3 heteroatoms. The molecule has 0 aromatic rings. The minimum atomic E-state index is 0. The molecular weight excluding hydrogens is 80.0 g/mol. The van der Waals surface area contributed by atoms with Gasteiger partial charge >= 0.3 is 0 Å². The van der Waals surface area contributed by atoms with Crippen molar-refractivity contribution in [2.45, 2.75) is 0 Å². The smallest absolute Gasteiger partial charge is 0.0661 e. The van der Waals surface area contributed by atoms with Crippen LogP contribution in [0, 0.1) is 0 Å². The maximum atomic E-state index is 2.08. The van der Waals surface area contributed by atoms with Gasteiger partial charge in [0.25, 0.3) is 0 Å². The largest absolute Gasteiger partial charge is 2.00 e. The zero-order chi connectivity index (χ0) is 3.58. The number of hydrogen-bond acceptors (Lipinski definition) is 0. The van der Waals surface area contributed by atoms with E-state index in [0.717, 1.165) is 0 Å². The van der Waals surface area contributed by atoms with Crippen molar-refractivity contribution < 1.29 is 10.4 Å². The molecule has 0 saturated carbocycles. The maximum absolute atomic E-state index is 2.08.